The fourth-order valence-corrected chi connectivity index (χ4v) is 7.07. The minimum Gasteiger partial charge on any atom is -0.376 e. The molecule has 0 radical (unpaired) electrons. The lowest BCUT2D eigenvalue weighted by Crippen LogP contribution is -2.34. The lowest BCUT2D eigenvalue weighted by atomic mass is 9.97. The SMILES string of the molecule is O=C(CSc1nc2sc3c(c2c(=O)n1CC1CCCO1)CCCC3)NC1CCCC1. The number of nitrogens with one attached hydrogen (secondary N) is 1. The van der Waals surface area contributed by atoms with E-state index in [-0.39, 0.29) is 17.6 Å². The Balaban J connectivity index is 1.43. The van der Waals surface area contributed by atoms with Gasteiger partial charge in [-0.2, -0.15) is 0 Å². The van der Waals surface area contributed by atoms with Crippen LogP contribution in [-0.2, 0) is 28.9 Å². The molecule has 8 heteroatoms. The Morgan fingerprint density at radius 1 is 1.17 bits per heavy atom. The monoisotopic (exact) mass is 447 g/mol. The van der Waals surface area contributed by atoms with E-state index < -0.39 is 0 Å². The maximum Gasteiger partial charge on any atom is 0.263 e. The lowest BCUT2D eigenvalue weighted by Gasteiger charge is -2.17. The summed E-state index contributed by atoms with van der Waals surface area (Å²) in [4.78, 5) is 33.1. The number of hydrogen-bond acceptors (Lipinski definition) is 6. The summed E-state index contributed by atoms with van der Waals surface area (Å²) in [5.74, 6) is 0.334. The molecule has 1 amide bonds. The number of fused-ring (bicyclic) bond motifs is 3. The van der Waals surface area contributed by atoms with E-state index in [1.54, 1.807) is 15.9 Å². The molecular formula is C22H29N3O3S2. The largest absolute Gasteiger partial charge is 0.376 e. The van der Waals surface area contributed by atoms with E-state index in [2.05, 4.69) is 5.32 Å². The molecule has 5 rings (SSSR count). The van der Waals surface area contributed by atoms with Gasteiger partial charge in [0.1, 0.15) is 4.83 Å². The number of rotatable bonds is 6. The van der Waals surface area contributed by atoms with Gasteiger partial charge in [0.05, 0.1) is 23.8 Å². The molecule has 1 unspecified atom stereocenters. The molecule has 0 bridgehead atoms. The van der Waals surface area contributed by atoms with Crippen LogP contribution < -0.4 is 10.9 Å². The Morgan fingerprint density at radius 3 is 2.80 bits per heavy atom. The molecule has 1 aliphatic heterocycles. The molecule has 30 heavy (non-hydrogen) atoms. The molecule has 3 heterocycles. The van der Waals surface area contributed by atoms with E-state index in [4.69, 9.17) is 9.72 Å². The van der Waals surface area contributed by atoms with E-state index in [1.807, 2.05) is 0 Å². The van der Waals surface area contributed by atoms with Crippen molar-refractivity contribution in [2.75, 3.05) is 12.4 Å². The third-order valence-electron chi connectivity index (χ3n) is 6.50. The molecule has 1 saturated heterocycles. The van der Waals surface area contributed by atoms with Gasteiger partial charge >= 0.3 is 0 Å². The van der Waals surface area contributed by atoms with Crippen molar-refractivity contribution >= 4 is 39.2 Å². The highest BCUT2D eigenvalue weighted by Crippen LogP contribution is 2.35. The first-order valence-electron chi connectivity index (χ1n) is 11.3. The fraction of sp³-hybridized carbons (Fsp3) is 0.682. The van der Waals surface area contributed by atoms with E-state index in [1.165, 1.54) is 41.5 Å². The average Bonchev–Trinajstić information content (AvgIpc) is 3.49. The summed E-state index contributed by atoms with van der Waals surface area (Å²) in [6, 6.07) is 0.312. The maximum atomic E-state index is 13.6. The van der Waals surface area contributed by atoms with Crippen LogP contribution in [0.2, 0.25) is 0 Å². The molecule has 162 valence electrons. The summed E-state index contributed by atoms with van der Waals surface area (Å²) >= 11 is 3.06. The summed E-state index contributed by atoms with van der Waals surface area (Å²) in [7, 11) is 0. The summed E-state index contributed by atoms with van der Waals surface area (Å²) in [5, 5.41) is 4.60. The highest BCUT2D eigenvalue weighted by Gasteiger charge is 2.25. The number of aromatic nitrogens is 2. The topological polar surface area (TPSA) is 73.2 Å². The normalized spacial score (nSPS) is 21.9. The molecule has 3 aliphatic rings. The molecule has 2 aromatic rings. The summed E-state index contributed by atoms with van der Waals surface area (Å²) < 4.78 is 7.60. The Morgan fingerprint density at radius 2 is 2.00 bits per heavy atom. The van der Waals surface area contributed by atoms with Crippen molar-refractivity contribution in [3.8, 4) is 0 Å². The molecule has 1 saturated carbocycles. The number of ether oxygens (including phenoxy) is 1. The average molecular weight is 448 g/mol. The number of aryl methyl sites for hydroxylation is 2. The van der Waals surface area contributed by atoms with Gasteiger partial charge in [-0.15, -0.1) is 11.3 Å². The van der Waals surface area contributed by atoms with E-state index in [0.717, 1.165) is 61.8 Å². The molecule has 1 atom stereocenters. The van der Waals surface area contributed by atoms with Gasteiger partial charge in [-0.25, -0.2) is 4.98 Å². The van der Waals surface area contributed by atoms with Gasteiger partial charge in [0, 0.05) is 17.5 Å². The van der Waals surface area contributed by atoms with Gasteiger partial charge in [-0.3, -0.25) is 14.2 Å². The van der Waals surface area contributed by atoms with Gasteiger partial charge < -0.3 is 10.1 Å². The number of nitrogens with zero attached hydrogens (tertiary/aromatic N) is 2. The summed E-state index contributed by atoms with van der Waals surface area (Å²) in [5.41, 5.74) is 1.27. The molecule has 1 N–H and O–H groups in total. The van der Waals surface area contributed by atoms with Crippen LogP contribution in [0.5, 0.6) is 0 Å². The van der Waals surface area contributed by atoms with Crippen molar-refractivity contribution in [2.45, 2.75) is 88.1 Å². The van der Waals surface area contributed by atoms with Crippen LogP contribution in [0.1, 0.15) is 61.8 Å². The Labute approximate surface area is 184 Å². The second-order valence-corrected chi connectivity index (χ2v) is 10.7. The number of carbonyl (C=O) groups is 1. The summed E-state index contributed by atoms with van der Waals surface area (Å²) in [6.07, 6.45) is 11.0. The first-order chi connectivity index (χ1) is 14.7. The van der Waals surface area contributed by atoms with Gasteiger partial charge in [-0.1, -0.05) is 24.6 Å². The molecule has 2 fully saturated rings. The van der Waals surface area contributed by atoms with Crippen molar-refractivity contribution in [1.82, 2.24) is 14.9 Å². The molecule has 2 aromatic heterocycles. The predicted octanol–water partition coefficient (Wildman–Crippen LogP) is 3.67. The molecule has 2 aliphatic carbocycles. The molecule has 0 aromatic carbocycles. The van der Waals surface area contributed by atoms with E-state index >= 15 is 0 Å². The number of thiophene rings is 1. The van der Waals surface area contributed by atoms with Crippen molar-refractivity contribution in [1.29, 1.82) is 0 Å². The van der Waals surface area contributed by atoms with Crippen molar-refractivity contribution in [2.24, 2.45) is 0 Å². The zero-order valence-electron chi connectivity index (χ0n) is 17.3. The lowest BCUT2D eigenvalue weighted by molar-refractivity contribution is -0.119. The van der Waals surface area contributed by atoms with Crippen LogP contribution in [-0.4, -0.2) is 40.0 Å². The second-order valence-electron chi connectivity index (χ2n) is 8.67. The molecular weight excluding hydrogens is 418 g/mol. The summed E-state index contributed by atoms with van der Waals surface area (Å²) in [6.45, 7) is 1.29. The predicted molar refractivity (Wildman–Crippen MR) is 121 cm³/mol. The number of amides is 1. The fourth-order valence-electron chi connectivity index (χ4n) is 4.95. The zero-order chi connectivity index (χ0) is 20.5. The first kappa shape index (κ1) is 20.5. The molecule has 0 spiro atoms. The second kappa shape index (κ2) is 9.01. The maximum absolute atomic E-state index is 13.6. The number of hydrogen-bond donors (Lipinski definition) is 1. The van der Waals surface area contributed by atoms with Crippen LogP contribution >= 0.6 is 23.1 Å². The zero-order valence-corrected chi connectivity index (χ0v) is 18.9. The highest BCUT2D eigenvalue weighted by molar-refractivity contribution is 7.99. The third-order valence-corrected chi connectivity index (χ3v) is 8.66. The van der Waals surface area contributed by atoms with Crippen molar-refractivity contribution in [3.05, 3.63) is 20.8 Å². The van der Waals surface area contributed by atoms with Crippen molar-refractivity contribution < 1.29 is 9.53 Å². The minimum atomic E-state index is 0.0374. The first-order valence-corrected chi connectivity index (χ1v) is 13.1. The smallest absolute Gasteiger partial charge is 0.263 e. The van der Waals surface area contributed by atoms with Gasteiger partial charge in [0.2, 0.25) is 5.91 Å². The quantitative estimate of drug-likeness (QED) is 0.540. The third kappa shape index (κ3) is 4.18. The van der Waals surface area contributed by atoms with Crippen LogP contribution in [0.4, 0.5) is 0 Å². The Bertz CT molecular complexity index is 988. The van der Waals surface area contributed by atoms with Crippen LogP contribution in [0.25, 0.3) is 10.2 Å². The Kier molecular flexibility index (Phi) is 6.16. The van der Waals surface area contributed by atoms with Gasteiger partial charge in [-0.05, 0) is 56.9 Å². The van der Waals surface area contributed by atoms with Crippen LogP contribution in [0.15, 0.2) is 9.95 Å². The number of thioether (sulfide) groups is 1. The van der Waals surface area contributed by atoms with E-state index in [0.29, 0.717) is 23.5 Å². The highest BCUT2D eigenvalue weighted by atomic mass is 32.2. The standard InChI is InChI=1S/C22H29N3O3S2/c26-18(23-14-6-1-2-7-14)13-29-22-24-20-19(16-9-3-4-10-17(16)30-20)21(27)25(22)12-15-8-5-11-28-15/h14-15H,1-13H2,(H,23,26). The van der Waals surface area contributed by atoms with Gasteiger partial charge in [0.25, 0.3) is 5.56 Å². The van der Waals surface area contributed by atoms with E-state index in [9.17, 15) is 9.59 Å². The Hall–Kier alpha value is -1.38. The molecule has 6 nitrogen and oxygen atoms in total. The van der Waals surface area contributed by atoms with Crippen LogP contribution in [0, 0.1) is 0 Å². The number of carbonyl (C=O) groups excluding carboxylic acids is 1. The van der Waals surface area contributed by atoms with Crippen LogP contribution in [0.3, 0.4) is 0 Å². The van der Waals surface area contributed by atoms with Crippen molar-refractivity contribution in [3.63, 3.8) is 0 Å². The van der Waals surface area contributed by atoms with Gasteiger partial charge in [0.15, 0.2) is 5.16 Å². The minimum absolute atomic E-state index is 0.0374.